The predicted octanol–water partition coefficient (Wildman–Crippen LogP) is 3.15. The van der Waals surface area contributed by atoms with Gasteiger partial charge in [0.1, 0.15) is 17.6 Å². The third kappa shape index (κ3) is 3.02. The lowest BCUT2D eigenvalue weighted by Crippen LogP contribution is -2.22. The normalized spacial score (nSPS) is 17.4. The molecule has 0 spiro atoms. The third-order valence-corrected chi connectivity index (χ3v) is 4.04. The summed E-state index contributed by atoms with van der Waals surface area (Å²) in [6.45, 7) is 6.31. The number of aromatic nitrogens is 3. The average molecular weight is 279 g/mol. The first-order chi connectivity index (χ1) is 9.69. The Balaban J connectivity index is 2.30. The van der Waals surface area contributed by atoms with E-state index in [2.05, 4.69) is 21.7 Å². The quantitative estimate of drug-likeness (QED) is 0.751. The fourth-order valence-electron chi connectivity index (χ4n) is 3.12. The van der Waals surface area contributed by atoms with Crippen molar-refractivity contribution in [2.45, 2.75) is 71.3 Å². The van der Waals surface area contributed by atoms with Crippen molar-refractivity contribution < 1.29 is 9.53 Å². The zero-order valence-electron chi connectivity index (χ0n) is 12.8. The van der Waals surface area contributed by atoms with Crippen LogP contribution in [0.5, 0.6) is 0 Å². The molecule has 5 heteroatoms. The summed E-state index contributed by atoms with van der Waals surface area (Å²) in [4.78, 5) is 12.2. The fraction of sp³-hybridized carbons (Fsp3) is 0.800. The van der Waals surface area contributed by atoms with Gasteiger partial charge >= 0.3 is 5.97 Å². The van der Waals surface area contributed by atoms with Crippen molar-refractivity contribution in [2.75, 3.05) is 6.61 Å². The lowest BCUT2D eigenvalue weighted by molar-refractivity contribution is -0.145. The summed E-state index contributed by atoms with van der Waals surface area (Å²) in [5, 5.41) is 8.51. The van der Waals surface area contributed by atoms with Gasteiger partial charge in [-0.3, -0.25) is 4.79 Å². The standard InChI is InChI=1S/C15H25N3O2/c1-4-8-13(15(19)20-5-2)14-17-16-11(3)18(14)12-9-6-7-10-12/h12-13H,4-10H2,1-3H3. The van der Waals surface area contributed by atoms with Gasteiger partial charge in [-0.1, -0.05) is 26.2 Å². The van der Waals surface area contributed by atoms with Crippen LogP contribution in [0.2, 0.25) is 0 Å². The van der Waals surface area contributed by atoms with Gasteiger partial charge in [0, 0.05) is 6.04 Å². The number of aryl methyl sites for hydroxylation is 1. The minimum atomic E-state index is -0.276. The summed E-state index contributed by atoms with van der Waals surface area (Å²) in [6.07, 6.45) is 6.52. The molecule has 1 fully saturated rings. The number of hydrogen-bond acceptors (Lipinski definition) is 4. The molecular weight excluding hydrogens is 254 g/mol. The van der Waals surface area contributed by atoms with E-state index in [0.29, 0.717) is 12.6 Å². The zero-order chi connectivity index (χ0) is 14.5. The van der Waals surface area contributed by atoms with E-state index >= 15 is 0 Å². The fourth-order valence-corrected chi connectivity index (χ4v) is 3.12. The maximum Gasteiger partial charge on any atom is 0.316 e. The van der Waals surface area contributed by atoms with Crippen molar-refractivity contribution in [2.24, 2.45) is 0 Å². The molecule has 1 aliphatic carbocycles. The van der Waals surface area contributed by atoms with Crippen LogP contribution >= 0.6 is 0 Å². The molecule has 0 amide bonds. The molecule has 20 heavy (non-hydrogen) atoms. The van der Waals surface area contributed by atoms with Crippen LogP contribution in [0.3, 0.4) is 0 Å². The van der Waals surface area contributed by atoms with Gasteiger partial charge in [-0.15, -0.1) is 10.2 Å². The molecule has 2 rings (SSSR count). The summed E-state index contributed by atoms with van der Waals surface area (Å²) in [7, 11) is 0. The molecular formula is C15H25N3O2. The van der Waals surface area contributed by atoms with Gasteiger partial charge in [-0.2, -0.15) is 0 Å². The summed E-state index contributed by atoms with van der Waals surface area (Å²) < 4.78 is 7.40. The molecule has 0 N–H and O–H groups in total. The largest absolute Gasteiger partial charge is 0.465 e. The molecule has 1 aromatic rings. The Hall–Kier alpha value is -1.39. The van der Waals surface area contributed by atoms with Crippen molar-refractivity contribution in [1.29, 1.82) is 0 Å². The highest BCUT2D eigenvalue weighted by molar-refractivity contribution is 5.77. The Morgan fingerprint density at radius 2 is 2.05 bits per heavy atom. The van der Waals surface area contributed by atoms with Gasteiger partial charge in [-0.25, -0.2) is 0 Å². The Bertz CT molecular complexity index is 450. The minimum Gasteiger partial charge on any atom is -0.465 e. The second-order valence-corrected chi connectivity index (χ2v) is 5.51. The third-order valence-electron chi connectivity index (χ3n) is 4.04. The Labute approximate surface area is 120 Å². The molecule has 0 aromatic carbocycles. The molecule has 1 aromatic heterocycles. The summed E-state index contributed by atoms with van der Waals surface area (Å²) >= 11 is 0. The van der Waals surface area contributed by atoms with Gasteiger partial charge in [0.15, 0.2) is 0 Å². The topological polar surface area (TPSA) is 57.0 Å². The number of carbonyl (C=O) groups excluding carboxylic acids is 1. The summed E-state index contributed by atoms with van der Waals surface area (Å²) in [5.41, 5.74) is 0. The van der Waals surface area contributed by atoms with E-state index in [4.69, 9.17) is 4.74 Å². The van der Waals surface area contributed by atoms with Gasteiger partial charge in [0.2, 0.25) is 0 Å². The second kappa shape index (κ2) is 6.86. The highest BCUT2D eigenvalue weighted by Gasteiger charge is 2.31. The van der Waals surface area contributed by atoms with Crippen molar-refractivity contribution >= 4 is 5.97 Å². The SMILES string of the molecule is CCCC(C(=O)OCC)c1nnc(C)n1C1CCCC1. The van der Waals surface area contributed by atoms with Crippen LogP contribution in [0.1, 0.15) is 76.0 Å². The molecule has 5 nitrogen and oxygen atoms in total. The molecule has 0 bridgehead atoms. The van der Waals surface area contributed by atoms with Crippen LogP contribution in [0, 0.1) is 6.92 Å². The lowest BCUT2D eigenvalue weighted by atomic mass is 10.0. The molecule has 0 radical (unpaired) electrons. The smallest absolute Gasteiger partial charge is 0.316 e. The van der Waals surface area contributed by atoms with E-state index in [1.54, 1.807) is 0 Å². The highest BCUT2D eigenvalue weighted by atomic mass is 16.5. The van der Waals surface area contributed by atoms with Gasteiger partial charge in [-0.05, 0) is 33.1 Å². The molecule has 1 atom stereocenters. The van der Waals surface area contributed by atoms with E-state index < -0.39 is 0 Å². The highest BCUT2D eigenvalue weighted by Crippen LogP contribution is 2.34. The lowest BCUT2D eigenvalue weighted by Gasteiger charge is -2.20. The maximum atomic E-state index is 12.2. The number of esters is 1. The molecule has 0 saturated heterocycles. The van der Waals surface area contributed by atoms with Gasteiger partial charge in [0.25, 0.3) is 0 Å². The second-order valence-electron chi connectivity index (χ2n) is 5.51. The van der Waals surface area contributed by atoms with Crippen LogP contribution in [0.4, 0.5) is 0 Å². The monoisotopic (exact) mass is 279 g/mol. The van der Waals surface area contributed by atoms with Gasteiger partial charge in [0.05, 0.1) is 6.61 Å². The molecule has 1 saturated carbocycles. The first kappa shape index (κ1) is 15.0. The van der Waals surface area contributed by atoms with Crippen molar-refractivity contribution in [3.8, 4) is 0 Å². The molecule has 0 aliphatic heterocycles. The van der Waals surface area contributed by atoms with Crippen LogP contribution in [0.15, 0.2) is 0 Å². The Morgan fingerprint density at radius 1 is 1.35 bits per heavy atom. The molecule has 1 heterocycles. The molecule has 1 aliphatic rings. The molecule has 112 valence electrons. The maximum absolute atomic E-state index is 12.2. The van der Waals surface area contributed by atoms with E-state index in [9.17, 15) is 4.79 Å². The van der Waals surface area contributed by atoms with Crippen molar-refractivity contribution in [1.82, 2.24) is 14.8 Å². The van der Waals surface area contributed by atoms with Crippen LogP contribution < -0.4 is 0 Å². The van der Waals surface area contributed by atoms with Gasteiger partial charge < -0.3 is 9.30 Å². The van der Waals surface area contributed by atoms with E-state index in [1.807, 2.05) is 13.8 Å². The van der Waals surface area contributed by atoms with Crippen LogP contribution in [-0.2, 0) is 9.53 Å². The van der Waals surface area contributed by atoms with Crippen LogP contribution in [-0.4, -0.2) is 27.3 Å². The van der Waals surface area contributed by atoms with Crippen molar-refractivity contribution in [3.63, 3.8) is 0 Å². The number of hydrogen-bond donors (Lipinski definition) is 0. The number of rotatable bonds is 6. The Morgan fingerprint density at radius 3 is 2.65 bits per heavy atom. The Kier molecular flexibility index (Phi) is 5.15. The summed E-state index contributed by atoms with van der Waals surface area (Å²) in [5.74, 6) is 1.27. The predicted molar refractivity (Wildman–Crippen MR) is 76.5 cm³/mol. The average Bonchev–Trinajstić information content (AvgIpc) is 3.05. The van der Waals surface area contributed by atoms with E-state index in [1.165, 1.54) is 12.8 Å². The van der Waals surface area contributed by atoms with E-state index in [-0.39, 0.29) is 11.9 Å². The minimum absolute atomic E-state index is 0.166. The van der Waals surface area contributed by atoms with E-state index in [0.717, 1.165) is 37.3 Å². The zero-order valence-corrected chi connectivity index (χ0v) is 12.8. The first-order valence-corrected chi connectivity index (χ1v) is 7.77. The summed E-state index contributed by atoms with van der Waals surface area (Å²) in [6, 6.07) is 0.453. The van der Waals surface area contributed by atoms with Crippen molar-refractivity contribution in [3.05, 3.63) is 11.6 Å². The van der Waals surface area contributed by atoms with Crippen LogP contribution in [0.25, 0.3) is 0 Å². The number of carbonyl (C=O) groups is 1. The number of ether oxygens (including phenoxy) is 1. The first-order valence-electron chi connectivity index (χ1n) is 7.77. The molecule has 1 unspecified atom stereocenters. The number of nitrogens with zero attached hydrogens (tertiary/aromatic N) is 3.